The summed E-state index contributed by atoms with van der Waals surface area (Å²) in [6.45, 7) is 4.49. The Balaban J connectivity index is 3.32. The van der Waals surface area contributed by atoms with Crippen LogP contribution in [0.2, 0.25) is 0 Å². The first-order chi connectivity index (χ1) is 5.96. The van der Waals surface area contributed by atoms with Crippen LogP contribution in [0.25, 0.3) is 0 Å². The predicted octanol–water partition coefficient (Wildman–Crippen LogP) is 2.74. The Morgan fingerprint density at radius 2 is 2.08 bits per heavy atom. The number of nitrogens with zero attached hydrogens (tertiary/aromatic N) is 2. The van der Waals surface area contributed by atoms with Gasteiger partial charge in [0.2, 0.25) is 0 Å². The lowest BCUT2D eigenvalue weighted by Gasteiger charge is -2.09. The third kappa shape index (κ3) is 1.85. The van der Waals surface area contributed by atoms with Gasteiger partial charge in [0, 0.05) is 11.8 Å². The maximum Gasteiger partial charge on any atom is 0.433 e. The van der Waals surface area contributed by atoms with Gasteiger partial charge in [-0.3, -0.25) is 9.98 Å². The molecule has 0 aliphatic heterocycles. The SMILES string of the molecule is C=Nc1ccnc(C(F)(F)F)c1C. The Hall–Kier alpha value is -1.39. The molecule has 0 N–H and O–H groups in total. The fourth-order valence-electron chi connectivity index (χ4n) is 0.983. The summed E-state index contributed by atoms with van der Waals surface area (Å²) in [5, 5.41) is 0. The van der Waals surface area contributed by atoms with E-state index in [0.717, 1.165) is 6.20 Å². The van der Waals surface area contributed by atoms with Crippen LogP contribution < -0.4 is 0 Å². The van der Waals surface area contributed by atoms with Crippen LogP contribution in [0, 0.1) is 6.92 Å². The lowest BCUT2D eigenvalue weighted by molar-refractivity contribution is -0.141. The summed E-state index contributed by atoms with van der Waals surface area (Å²) in [5.74, 6) is 0. The fourth-order valence-corrected chi connectivity index (χ4v) is 0.983. The number of pyridine rings is 1. The first-order valence-corrected chi connectivity index (χ1v) is 3.46. The van der Waals surface area contributed by atoms with Crippen LogP contribution in [0.4, 0.5) is 18.9 Å². The van der Waals surface area contributed by atoms with E-state index in [0.29, 0.717) is 0 Å². The summed E-state index contributed by atoms with van der Waals surface area (Å²) in [7, 11) is 0. The molecule has 1 heterocycles. The van der Waals surface area contributed by atoms with Crippen molar-refractivity contribution in [2.45, 2.75) is 13.1 Å². The average molecular weight is 188 g/mol. The number of alkyl halides is 3. The van der Waals surface area contributed by atoms with E-state index in [2.05, 4.69) is 16.7 Å². The zero-order chi connectivity index (χ0) is 10.1. The lowest BCUT2D eigenvalue weighted by Crippen LogP contribution is -2.09. The van der Waals surface area contributed by atoms with Gasteiger partial charge >= 0.3 is 6.18 Å². The normalized spacial score (nSPS) is 11.4. The highest BCUT2D eigenvalue weighted by Crippen LogP contribution is 2.33. The highest BCUT2D eigenvalue weighted by Gasteiger charge is 2.34. The molecule has 1 aromatic heterocycles. The van der Waals surface area contributed by atoms with Crippen LogP contribution in [0.15, 0.2) is 17.3 Å². The molecule has 0 radical (unpaired) electrons. The monoisotopic (exact) mass is 188 g/mol. The summed E-state index contributed by atoms with van der Waals surface area (Å²) in [5.41, 5.74) is -0.690. The Labute approximate surface area is 73.1 Å². The van der Waals surface area contributed by atoms with Crippen molar-refractivity contribution >= 4 is 12.4 Å². The van der Waals surface area contributed by atoms with Crippen LogP contribution in [0.1, 0.15) is 11.3 Å². The molecule has 0 aliphatic carbocycles. The second-order valence-corrected chi connectivity index (χ2v) is 2.46. The molecule has 0 atom stereocenters. The molecular formula is C8H7F3N2. The quantitative estimate of drug-likeness (QED) is 0.622. The summed E-state index contributed by atoms with van der Waals surface area (Å²) < 4.78 is 36.7. The third-order valence-electron chi connectivity index (χ3n) is 1.61. The minimum Gasteiger partial charge on any atom is -0.264 e. The Kier molecular flexibility index (Phi) is 2.36. The van der Waals surface area contributed by atoms with E-state index < -0.39 is 11.9 Å². The Morgan fingerprint density at radius 1 is 1.46 bits per heavy atom. The number of rotatable bonds is 1. The van der Waals surface area contributed by atoms with E-state index >= 15 is 0 Å². The molecule has 0 fully saturated rings. The summed E-state index contributed by atoms with van der Waals surface area (Å²) in [6.07, 6.45) is -3.36. The zero-order valence-corrected chi connectivity index (χ0v) is 6.89. The molecule has 13 heavy (non-hydrogen) atoms. The largest absolute Gasteiger partial charge is 0.433 e. The van der Waals surface area contributed by atoms with Crippen molar-refractivity contribution in [1.82, 2.24) is 4.98 Å². The highest BCUT2D eigenvalue weighted by atomic mass is 19.4. The second kappa shape index (κ2) is 3.16. The Bertz CT molecular complexity index is 331. The van der Waals surface area contributed by atoms with Crippen LogP contribution in [-0.2, 0) is 6.18 Å². The van der Waals surface area contributed by atoms with E-state index in [1.807, 2.05) is 0 Å². The van der Waals surface area contributed by atoms with Gasteiger partial charge in [-0.2, -0.15) is 13.2 Å². The van der Waals surface area contributed by atoms with Crippen molar-refractivity contribution < 1.29 is 13.2 Å². The van der Waals surface area contributed by atoms with Crippen LogP contribution in [0.5, 0.6) is 0 Å². The van der Waals surface area contributed by atoms with Gasteiger partial charge in [-0.1, -0.05) is 0 Å². The maximum absolute atomic E-state index is 12.2. The van der Waals surface area contributed by atoms with Gasteiger partial charge < -0.3 is 0 Å². The predicted molar refractivity (Wildman–Crippen MR) is 43.2 cm³/mol. The van der Waals surface area contributed by atoms with Crippen molar-refractivity contribution in [3.05, 3.63) is 23.5 Å². The summed E-state index contributed by atoms with van der Waals surface area (Å²) in [6, 6.07) is 1.39. The van der Waals surface area contributed by atoms with Gasteiger partial charge in [-0.25, -0.2) is 0 Å². The molecule has 0 unspecified atom stereocenters. The number of aliphatic imine (C=N–C) groups is 1. The molecule has 0 bridgehead atoms. The average Bonchev–Trinajstić information content (AvgIpc) is 2.02. The lowest BCUT2D eigenvalue weighted by atomic mass is 10.2. The standard InChI is InChI=1S/C8H7F3N2/c1-5-6(12-2)3-4-13-7(5)8(9,10)11/h3-4H,2H2,1H3. The molecule has 0 aliphatic rings. The number of hydrogen-bond acceptors (Lipinski definition) is 2. The molecule has 1 rings (SSSR count). The molecule has 0 spiro atoms. The van der Waals surface area contributed by atoms with E-state index in [1.165, 1.54) is 13.0 Å². The maximum atomic E-state index is 12.2. The van der Waals surface area contributed by atoms with E-state index in [-0.39, 0.29) is 11.3 Å². The van der Waals surface area contributed by atoms with Crippen LogP contribution in [-0.4, -0.2) is 11.7 Å². The van der Waals surface area contributed by atoms with Crippen molar-refractivity contribution in [3.63, 3.8) is 0 Å². The molecule has 5 heteroatoms. The van der Waals surface area contributed by atoms with Crippen molar-refractivity contribution in [3.8, 4) is 0 Å². The molecular weight excluding hydrogens is 181 g/mol. The van der Waals surface area contributed by atoms with Gasteiger partial charge in [-0.05, 0) is 19.7 Å². The number of halogens is 3. The van der Waals surface area contributed by atoms with E-state index in [9.17, 15) is 13.2 Å². The summed E-state index contributed by atoms with van der Waals surface area (Å²) >= 11 is 0. The van der Waals surface area contributed by atoms with Gasteiger partial charge in [0.25, 0.3) is 0 Å². The van der Waals surface area contributed by atoms with E-state index in [4.69, 9.17) is 0 Å². The summed E-state index contributed by atoms with van der Waals surface area (Å²) in [4.78, 5) is 6.70. The molecule has 0 aromatic carbocycles. The number of aromatic nitrogens is 1. The molecule has 0 saturated heterocycles. The van der Waals surface area contributed by atoms with Crippen LogP contribution in [0.3, 0.4) is 0 Å². The first-order valence-electron chi connectivity index (χ1n) is 3.46. The topological polar surface area (TPSA) is 25.2 Å². The molecule has 1 aromatic rings. The zero-order valence-electron chi connectivity index (χ0n) is 6.89. The van der Waals surface area contributed by atoms with Gasteiger partial charge in [-0.15, -0.1) is 0 Å². The minimum atomic E-state index is -4.43. The van der Waals surface area contributed by atoms with Gasteiger partial charge in [0.15, 0.2) is 0 Å². The van der Waals surface area contributed by atoms with Crippen molar-refractivity contribution in [2.75, 3.05) is 0 Å². The molecule has 2 nitrogen and oxygen atoms in total. The van der Waals surface area contributed by atoms with Gasteiger partial charge in [0.05, 0.1) is 5.69 Å². The smallest absolute Gasteiger partial charge is 0.264 e. The molecule has 0 saturated carbocycles. The minimum absolute atomic E-state index is 0.00463. The highest BCUT2D eigenvalue weighted by molar-refractivity contribution is 5.52. The molecule has 70 valence electrons. The second-order valence-electron chi connectivity index (χ2n) is 2.46. The van der Waals surface area contributed by atoms with Crippen LogP contribution >= 0.6 is 0 Å². The van der Waals surface area contributed by atoms with E-state index in [1.54, 1.807) is 0 Å². The first kappa shape index (κ1) is 9.70. The molecule has 0 amide bonds. The van der Waals surface area contributed by atoms with Crippen molar-refractivity contribution in [2.24, 2.45) is 4.99 Å². The fraction of sp³-hybridized carbons (Fsp3) is 0.250. The van der Waals surface area contributed by atoms with Gasteiger partial charge in [0.1, 0.15) is 5.69 Å². The third-order valence-corrected chi connectivity index (χ3v) is 1.61. The Morgan fingerprint density at radius 3 is 2.54 bits per heavy atom. The van der Waals surface area contributed by atoms with Crippen molar-refractivity contribution in [1.29, 1.82) is 0 Å². The number of hydrogen-bond donors (Lipinski definition) is 0.